The first-order valence-electron chi connectivity index (χ1n) is 9.30. The summed E-state index contributed by atoms with van der Waals surface area (Å²) in [7, 11) is -3.46. The maximum atomic E-state index is 12.5. The van der Waals surface area contributed by atoms with Gasteiger partial charge in [0.25, 0.3) is 0 Å². The third kappa shape index (κ3) is 3.94. The van der Waals surface area contributed by atoms with Gasteiger partial charge in [-0.25, -0.2) is 18.4 Å². The maximum absolute atomic E-state index is 12.5. The van der Waals surface area contributed by atoms with E-state index in [1.54, 1.807) is 51.4 Å². The van der Waals surface area contributed by atoms with Crippen LogP contribution in [0.15, 0.2) is 41.7 Å². The highest BCUT2D eigenvalue weighted by Gasteiger charge is 2.32. The quantitative estimate of drug-likeness (QED) is 0.783. The summed E-state index contributed by atoms with van der Waals surface area (Å²) in [4.78, 5) is 12.9. The van der Waals surface area contributed by atoms with E-state index in [2.05, 4.69) is 25.8 Å². The zero-order valence-electron chi connectivity index (χ0n) is 16.5. The van der Waals surface area contributed by atoms with Gasteiger partial charge in [0.05, 0.1) is 22.2 Å². The molecule has 3 heterocycles. The Hall–Kier alpha value is -2.66. The lowest BCUT2D eigenvalue weighted by Gasteiger charge is -2.25. The summed E-state index contributed by atoms with van der Waals surface area (Å²) in [6.07, 6.45) is 4.25. The molecule has 8 heteroatoms. The van der Waals surface area contributed by atoms with Gasteiger partial charge in [0.15, 0.2) is 14.9 Å². The average molecular weight is 400 g/mol. The van der Waals surface area contributed by atoms with Crippen molar-refractivity contribution in [3.63, 3.8) is 0 Å². The van der Waals surface area contributed by atoms with Crippen molar-refractivity contribution in [1.29, 1.82) is 5.26 Å². The van der Waals surface area contributed by atoms with Gasteiger partial charge < -0.3 is 9.80 Å². The monoisotopic (exact) mass is 399 g/mol. The van der Waals surface area contributed by atoms with Gasteiger partial charge in [-0.1, -0.05) is 0 Å². The Labute approximate surface area is 166 Å². The number of nitrogens with zero attached hydrogens (tertiary/aromatic N) is 5. The van der Waals surface area contributed by atoms with Crippen molar-refractivity contribution in [3.05, 3.63) is 42.2 Å². The lowest BCUT2D eigenvalue weighted by molar-refractivity contribution is 0.556. The molecular formula is C20H25N5O2S. The van der Waals surface area contributed by atoms with Crippen LogP contribution in [0.1, 0.15) is 32.8 Å². The van der Waals surface area contributed by atoms with Gasteiger partial charge in [-0.15, -0.1) is 0 Å². The molecule has 0 N–H and O–H groups in total. The molecule has 0 saturated carbocycles. The summed E-state index contributed by atoms with van der Waals surface area (Å²) in [5, 5.41) is 9.42. The van der Waals surface area contributed by atoms with Gasteiger partial charge in [0, 0.05) is 32.4 Å². The molecular weight excluding hydrogens is 374 g/mol. The van der Waals surface area contributed by atoms with Crippen LogP contribution in [0.5, 0.6) is 0 Å². The topological polar surface area (TPSA) is 90.2 Å². The van der Waals surface area contributed by atoms with E-state index in [1.165, 1.54) is 0 Å². The number of hydrogen-bond donors (Lipinski definition) is 0. The third-order valence-electron chi connectivity index (χ3n) is 4.87. The minimum Gasteiger partial charge on any atom is -0.368 e. The fourth-order valence-electron chi connectivity index (χ4n) is 3.16. The van der Waals surface area contributed by atoms with Gasteiger partial charge in [0.2, 0.25) is 0 Å². The molecule has 7 nitrogen and oxygen atoms in total. The van der Waals surface area contributed by atoms with Crippen molar-refractivity contribution in [2.75, 3.05) is 36.0 Å². The van der Waals surface area contributed by atoms with Crippen molar-refractivity contribution in [3.8, 4) is 6.07 Å². The summed E-state index contributed by atoms with van der Waals surface area (Å²) in [6, 6.07) is 9.16. The van der Waals surface area contributed by atoms with Crippen LogP contribution in [0.25, 0.3) is 0 Å². The number of hydrogen-bond acceptors (Lipinski definition) is 7. The number of pyridine rings is 2. The largest absolute Gasteiger partial charge is 0.368 e. The molecule has 0 atom stereocenters. The number of sulfone groups is 1. The Kier molecular flexibility index (Phi) is 5.57. The van der Waals surface area contributed by atoms with E-state index in [1.807, 2.05) is 6.07 Å². The maximum Gasteiger partial charge on any atom is 0.200 e. The number of aromatic nitrogens is 2. The molecule has 1 fully saturated rings. The second-order valence-electron chi connectivity index (χ2n) is 7.78. The van der Waals surface area contributed by atoms with E-state index >= 15 is 0 Å². The summed E-state index contributed by atoms with van der Waals surface area (Å²) in [6.45, 7) is 8.14. The van der Waals surface area contributed by atoms with Crippen molar-refractivity contribution in [2.24, 2.45) is 0 Å². The molecule has 0 amide bonds. The van der Waals surface area contributed by atoms with Crippen LogP contribution < -0.4 is 9.80 Å². The van der Waals surface area contributed by atoms with Crippen LogP contribution >= 0.6 is 0 Å². The van der Waals surface area contributed by atoms with Gasteiger partial charge in [-0.05, 0) is 51.5 Å². The number of rotatable bonds is 3. The van der Waals surface area contributed by atoms with E-state index in [0.29, 0.717) is 5.56 Å². The summed E-state index contributed by atoms with van der Waals surface area (Å²) in [5.41, 5.74) is 1.48. The number of anilines is 2. The van der Waals surface area contributed by atoms with Gasteiger partial charge >= 0.3 is 0 Å². The van der Waals surface area contributed by atoms with Crippen LogP contribution in [0.3, 0.4) is 0 Å². The van der Waals surface area contributed by atoms with Crippen molar-refractivity contribution >= 4 is 21.3 Å². The van der Waals surface area contributed by atoms with Crippen molar-refractivity contribution < 1.29 is 8.42 Å². The highest BCUT2D eigenvalue weighted by molar-refractivity contribution is 7.92. The average Bonchev–Trinajstić information content (AvgIpc) is 2.93. The first-order valence-corrected chi connectivity index (χ1v) is 10.8. The predicted octanol–water partition coefficient (Wildman–Crippen LogP) is 2.64. The minimum atomic E-state index is -3.46. The van der Waals surface area contributed by atoms with Crippen molar-refractivity contribution in [2.45, 2.75) is 37.0 Å². The van der Waals surface area contributed by atoms with Crippen LogP contribution in [0, 0.1) is 11.3 Å². The van der Waals surface area contributed by atoms with E-state index in [-0.39, 0.29) is 5.03 Å². The Bertz CT molecular complexity index is 975. The predicted molar refractivity (Wildman–Crippen MR) is 109 cm³/mol. The van der Waals surface area contributed by atoms with Crippen LogP contribution in [-0.4, -0.2) is 49.3 Å². The molecule has 0 radical (unpaired) electrons. The van der Waals surface area contributed by atoms with Crippen LogP contribution in [0.2, 0.25) is 0 Å². The molecule has 28 heavy (non-hydrogen) atoms. The standard InChI is InChI=1S/C20H25N5O2S/c1-20(2,3)28(26,27)18-8-7-17(15-23-18)24-10-5-11-25(13-12-24)19-16(14-21)6-4-9-22-19/h4,6-9,15H,5,10-13H2,1-3H3. The van der Waals surface area contributed by atoms with Gasteiger partial charge in [-0.3, -0.25) is 0 Å². The van der Waals surface area contributed by atoms with Crippen LogP contribution in [-0.2, 0) is 9.84 Å². The first-order chi connectivity index (χ1) is 13.2. The molecule has 1 saturated heterocycles. The molecule has 0 aliphatic carbocycles. The summed E-state index contributed by atoms with van der Waals surface area (Å²) < 4.78 is 24.2. The molecule has 2 aromatic heterocycles. The SMILES string of the molecule is CC(C)(C)S(=O)(=O)c1ccc(N2CCCN(c3ncccc3C#N)CC2)cn1. The first kappa shape index (κ1) is 20.1. The smallest absolute Gasteiger partial charge is 0.200 e. The molecule has 1 aliphatic rings. The Balaban J connectivity index is 1.75. The molecule has 0 bridgehead atoms. The third-order valence-corrected chi connectivity index (χ3v) is 7.27. The lowest BCUT2D eigenvalue weighted by atomic mass is 10.2. The fourth-order valence-corrected chi connectivity index (χ4v) is 4.22. The Morgan fingerprint density at radius 1 is 1.04 bits per heavy atom. The molecule has 0 spiro atoms. The molecule has 2 aromatic rings. The van der Waals surface area contributed by atoms with Gasteiger partial charge in [0.1, 0.15) is 11.9 Å². The second kappa shape index (κ2) is 7.76. The van der Waals surface area contributed by atoms with E-state index in [0.717, 1.165) is 44.1 Å². The Morgan fingerprint density at radius 3 is 2.39 bits per heavy atom. The van der Waals surface area contributed by atoms with Crippen molar-refractivity contribution in [1.82, 2.24) is 9.97 Å². The molecule has 1 aliphatic heterocycles. The zero-order chi connectivity index (χ0) is 20.4. The second-order valence-corrected chi connectivity index (χ2v) is 10.4. The fraction of sp³-hybridized carbons (Fsp3) is 0.450. The van der Waals surface area contributed by atoms with E-state index in [4.69, 9.17) is 0 Å². The number of nitriles is 1. The van der Waals surface area contributed by atoms with E-state index < -0.39 is 14.6 Å². The minimum absolute atomic E-state index is 0.104. The summed E-state index contributed by atoms with van der Waals surface area (Å²) >= 11 is 0. The highest BCUT2D eigenvalue weighted by Crippen LogP contribution is 2.25. The van der Waals surface area contributed by atoms with Crippen LogP contribution in [0.4, 0.5) is 11.5 Å². The normalized spacial score (nSPS) is 15.8. The van der Waals surface area contributed by atoms with E-state index in [9.17, 15) is 13.7 Å². The van der Waals surface area contributed by atoms with Gasteiger partial charge in [-0.2, -0.15) is 5.26 Å². The lowest BCUT2D eigenvalue weighted by Crippen LogP contribution is -2.32. The molecule has 0 unspecified atom stereocenters. The molecule has 148 valence electrons. The molecule has 3 rings (SSSR count). The molecule has 0 aromatic carbocycles. The highest BCUT2D eigenvalue weighted by atomic mass is 32.2. The summed E-state index contributed by atoms with van der Waals surface area (Å²) in [5.74, 6) is 0.719. The zero-order valence-corrected chi connectivity index (χ0v) is 17.3. The Morgan fingerprint density at radius 2 is 1.75 bits per heavy atom.